The molecule has 2 unspecified atom stereocenters. The largest absolute Gasteiger partial charge is 0.445 e. The van der Waals surface area contributed by atoms with E-state index in [1.54, 1.807) is 13.8 Å². The molecule has 0 spiro atoms. The second-order valence-corrected chi connectivity index (χ2v) is 8.38. The van der Waals surface area contributed by atoms with E-state index in [4.69, 9.17) is 4.74 Å². The highest BCUT2D eigenvalue weighted by Crippen LogP contribution is 2.12. The van der Waals surface area contributed by atoms with Gasteiger partial charge in [-0.05, 0) is 29.0 Å². The molecule has 2 aromatic carbocycles. The Hall–Kier alpha value is -3.68. The monoisotopic (exact) mass is 451 g/mol. The van der Waals surface area contributed by atoms with Gasteiger partial charge in [-0.1, -0.05) is 68.4 Å². The molecular weight excluding hydrogens is 422 g/mol. The minimum Gasteiger partial charge on any atom is -0.445 e. The smallest absolute Gasteiger partial charge is 0.408 e. The average molecular weight is 452 g/mol. The number of rotatable bonds is 6. The number of amides is 3. The minimum absolute atomic E-state index is 0.0662. The molecule has 0 saturated carbocycles. The van der Waals surface area contributed by atoms with E-state index in [9.17, 15) is 19.2 Å². The van der Waals surface area contributed by atoms with Gasteiger partial charge in [-0.3, -0.25) is 14.4 Å². The number of ketones is 1. The lowest BCUT2D eigenvalue weighted by Gasteiger charge is -2.25. The van der Waals surface area contributed by atoms with E-state index in [0.29, 0.717) is 13.0 Å². The highest BCUT2D eigenvalue weighted by atomic mass is 16.5. The van der Waals surface area contributed by atoms with Gasteiger partial charge >= 0.3 is 6.09 Å². The van der Waals surface area contributed by atoms with E-state index in [-0.39, 0.29) is 18.9 Å². The van der Waals surface area contributed by atoms with Crippen LogP contribution in [0.4, 0.5) is 4.79 Å². The maximum atomic E-state index is 13.0. The molecule has 3 rings (SSSR count). The van der Waals surface area contributed by atoms with Crippen LogP contribution in [0, 0.1) is 5.92 Å². The molecule has 1 aliphatic rings. The van der Waals surface area contributed by atoms with Crippen LogP contribution in [0.5, 0.6) is 0 Å². The van der Waals surface area contributed by atoms with Crippen molar-refractivity contribution >= 4 is 23.7 Å². The van der Waals surface area contributed by atoms with E-state index in [1.807, 2.05) is 54.6 Å². The molecule has 0 fully saturated rings. The zero-order valence-corrected chi connectivity index (χ0v) is 18.8. The Morgan fingerprint density at radius 2 is 1.79 bits per heavy atom. The summed E-state index contributed by atoms with van der Waals surface area (Å²) in [7, 11) is 0. The molecule has 8 heteroatoms. The van der Waals surface area contributed by atoms with E-state index >= 15 is 0 Å². The van der Waals surface area contributed by atoms with Gasteiger partial charge in [0.15, 0.2) is 0 Å². The standard InChI is InChI=1S/C25H29N3O5/c1-16(2)21(28-25(32)33-15-18-7-4-3-5-8-18)23(30)27-20-14-19-10-6-9-17(13-19)11-12-26-24(31)22(20)29/h3-10,13,16,20-21H,11-12,14-15H2,1-2H3,(H,26,31)(H,27,30)(H,28,32). The van der Waals surface area contributed by atoms with Gasteiger partial charge in [0.25, 0.3) is 5.91 Å². The normalized spacial score (nSPS) is 17.0. The Labute approximate surface area is 193 Å². The molecule has 0 aromatic heterocycles. The summed E-state index contributed by atoms with van der Waals surface area (Å²) in [5.74, 6) is -2.28. The fourth-order valence-corrected chi connectivity index (χ4v) is 3.61. The summed E-state index contributed by atoms with van der Waals surface area (Å²) in [6.45, 7) is 3.94. The van der Waals surface area contributed by atoms with Crippen LogP contribution in [-0.2, 0) is 38.6 Å². The number of fused-ring (bicyclic) bond motifs is 2. The maximum absolute atomic E-state index is 13.0. The fraction of sp³-hybridized carbons (Fsp3) is 0.360. The summed E-state index contributed by atoms with van der Waals surface area (Å²) in [5, 5.41) is 7.84. The lowest BCUT2D eigenvalue weighted by molar-refractivity contribution is -0.140. The van der Waals surface area contributed by atoms with Crippen molar-refractivity contribution in [3.63, 3.8) is 0 Å². The van der Waals surface area contributed by atoms with Gasteiger partial charge in [0.2, 0.25) is 11.7 Å². The maximum Gasteiger partial charge on any atom is 0.408 e. The number of benzene rings is 2. The van der Waals surface area contributed by atoms with Crippen molar-refractivity contribution in [3.05, 3.63) is 71.3 Å². The third kappa shape index (κ3) is 6.90. The molecule has 3 amide bonds. The van der Waals surface area contributed by atoms with Crippen molar-refractivity contribution in [1.29, 1.82) is 0 Å². The molecule has 1 aliphatic heterocycles. The molecule has 0 radical (unpaired) electrons. The Kier molecular flexibility index (Phi) is 8.18. The first kappa shape index (κ1) is 24.0. The van der Waals surface area contributed by atoms with E-state index in [1.165, 1.54) is 0 Å². The number of Topliss-reactive ketones (excluding diaryl/α,β-unsaturated/α-hetero) is 1. The van der Waals surface area contributed by atoms with Gasteiger partial charge in [-0.25, -0.2) is 4.79 Å². The number of alkyl carbamates (subject to hydrolysis) is 1. The minimum atomic E-state index is -1.05. The van der Waals surface area contributed by atoms with Crippen LogP contribution in [-0.4, -0.2) is 42.3 Å². The van der Waals surface area contributed by atoms with E-state index in [0.717, 1.165) is 16.7 Å². The van der Waals surface area contributed by atoms with E-state index < -0.39 is 35.8 Å². The van der Waals surface area contributed by atoms with Gasteiger partial charge in [0, 0.05) is 13.0 Å². The number of ether oxygens (including phenoxy) is 1. The Bertz CT molecular complexity index is 1010. The molecule has 33 heavy (non-hydrogen) atoms. The number of hydrogen-bond acceptors (Lipinski definition) is 5. The number of carbonyl (C=O) groups excluding carboxylic acids is 4. The van der Waals surface area contributed by atoms with E-state index in [2.05, 4.69) is 16.0 Å². The third-order valence-corrected chi connectivity index (χ3v) is 5.42. The second-order valence-electron chi connectivity index (χ2n) is 8.38. The van der Waals surface area contributed by atoms with Gasteiger partial charge in [-0.15, -0.1) is 0 Å². The van der Waals surface area contributed by atoms with Crippen LogP contribution in [0.1, 0.15) is 30.5 Å². The van der Waals surface area contributed by atoms with Crippen LogP contribution < -0.4 is 16.0 Å². The van der Waals surface area contributed by atoms with Crippen molar-refractivity contribution in [2.75, 3.05) is 6.54 Å². The summed E-state index contributed by atoms with van der Waals surface area (Å²) in [6.07, 6.45) is 0.0547. The lowest BCUT2D eigenvalue weighted by Crippen LogP contribution is -2.56. The van der Waals surface area contributed by atoms with Crippen molar-refractivity contribution in [1.82, 2.24) is 16.0 Å². The van der Waals surface area contributed by atoms with Crippen molar-refractivity contribution in [2.24, 2.45) is 5.92 Å². The molecule has 8 nitrogen and oxygen atoms in total. The van der Waals surface area contributed by atoms with Crippen LogP contribution >= 0.6 is 0 Å². The summed E-state index contributed by atoms with van der Waals surface area (Å²) in [4.78, 5) is 50.3. The van der Waals surface area contributed by atoms with Gasteiger partial charge in [0.1, 0.15) is 18.7 Å². The Morgan fingerprint density at radius 3 is 2.52 bits per heavy atom. The highest BCUT2D eigenvalue weighted by Gasteiger charge is 2.32. The topological polar surface area (TPSA) is 114 Å². The molecule has 2 aromatic rings. The molecule has 0 saturated heterocycles. The van der Waals surface area contributed by atoms with Crippen LogP contribution in [0.15, 0.2) is 54.6 Å². The molecule has 2 atom stereocenters. The first-order valence-corrected chi connectivity index (χ1v) is 11.0. The highest BCUT2D eigenvalue weighted by molar-refractivity contribution is 6.38. The first-order chi connectivity index (χ1) is 15.8. The number of hydrogen-bond donors (Lipinski definition) is 3. The predicted molar refractivity (Wildman–Crippen MR) is 122 cm³/mol. The quantitative estimate of drug-likeness (QED) is 0.581. The molecule has 3 N–H and O–H groups in total. The zero-order valence-electron chi connectivity index (χ0n) is 18.8. The summed E-state index contributed by atoms with van der Waals surface area (Å²) >= 11 is 0. The predicted octanol–water partition coefficient (Wildman–Crippen LogP) is 1.91. The summed E-state index contributed by atoms with van der Waals surface area (Å²) in [6, 6.07) is 14.9. The molecule has 2 bridgehead atoms. The summed E-state index contributed by atoms with van der Waals surface area (Å²) in [5.41, 5.74) is 2.70. The molecule has 174 valence electrons. The van der Waals surface area contributed by atoms with Crippen LogP contribution in [0.25, 0.3) is 0 Å². The molecular formula is C25H29N3O5. The molecule has 1 heterocycles. The van der Waals surface area contributed by atoms with Gasteiger partial charge in [-0.2, -0.15) is 0 Å². The van der Waals surface area contributed by atoms with Crippen molar-refractivity contribution in [2.45, 2.75) is 45.4 Å². The van der Waals surface area contributed by atoms with Crippen molar-refractivity contribution < 1.29 is 23.9 Å². The fourth-order valence-electron chi connectivity index (χ4n) is 3.61. The van der Waals surface area contributed by atoms with Gasteiger partial charge < -0.3 is 20.7 Å². The third-order valence-electron chi connectivity index (χ3n) is 5.42. The Morgan fingerprint density at radius 1 is 1.06 bits per heavy atom. The zero-order chi connectivity index (χ0) is 23.8. The number of nitrogens with one attached hydrogen (secondary N) is 3. The van der Waals surface area contributed by atoms with Crippen LogP contribution in [0.3, 0.4) is 0 Å². The van der Waals surface area contributed by atoms with Crippen molar-refractivity contribution in [3.8, 4) is 0 Å². The lowest BCUT2D eigenvalue weighted by atomic mass is 9.97. The van der Waals surface area contributed by atoms with Crippen LogP contribution in [0.2, 0.25) is 0 Å². The number of carbonyl (C=O) groups is 4. The molecule has 0 aliphatic carbocycles. The average Bonchev–Trinajstić information content (AvgIpc) is 2.80. The summed E-state index contributed by atoms with van der Waals surface area (Å²) < 4.78 is 5.22. The second kappa shape index (κ2) is 11.3. The Balaban J connectivity index is 1.68. The van der Waals surface area contributed by atoms with Gasteiger partial charge in [0.05, 0.1) is 0 Å². The SMILES string of the molecule is CC(C)C(NC(=O)OCc1ccccc1)C(=O)NC1Cc2cccc(c2)CCNC(=O)C1=O. The first-order valence-electron chi connectivity index (χ1n) is 11.0.